The molecule has 9 heteroatoms. The van der Waals surface area contributed by atoms with Crippen molar-refractivity contribution in [1.82, 2.24) is 4.98 Å². The fourth-order valence-corrected chi connectivity index (χ4v) is 2.44. The summed E-state index contributed by atoms with van der Waals surface area (Å²) in [6.07, 6.45) is 1.05. The third kappa shape index (κ3) is 4.48. The molecule has 0 fully saturated rings. The zero-order valence-corrected chi connectivity index (χ0v) is 13.8. The molecule has 1 heterocycles. The topological polar surface area (TPSA) is 72.8 Å². The number of nitrogens with zero attached hydrogens (tertiary/aromatic N) is 2. The van der Waals surface area contributed by atoms with Gasteiger partial charge in [-0.3, -0.25) is 10.2 Å². The van der Waals surface area contributed by atoms with E-state index in [-0.39, 0.29) is 23.7 Å². The summed E-state index contributed by atoms with van der Waals surface area (Å²) in [6.45, 7) is 2.02. The van der Waals surface area contributed by atoms with Crippen molar-refractivity contribution >= 4 is 28.7 Å². The lowest BCUT2D eigenvalue weighted by atomic mass is 10.2. The van der Waals surface area contributed by atoms with Crippen LogP contribution in [0.1, 0.15) is 18.2 Å². The lowest BCUT2D eigenvalue weighted by Crippen LogP contribution is -2.07. The molecule has 24 heavy (non-hydrogen) atoms. The van der Waals surface area contributed by atoms with Crippen molar-refractivity contribution in [3.63, 3.8) is 0 Å². The molecule has 2 aromatic rings. The Balaban J connectivity index is 2.02. The van der Waals surface area contributed by atoms with Crippen LogP contribution in [-0.4, -0.2) is 30.9 Å². The quantitative estimate of drug-likeness (QED) is 0.470. The lowest BCUT2D eigenvalue weighted by molar-refractivity contribution is -0.142. The number of hydrogen-bond donors (Lipinski definition) is 1. The molecule has 0 aliphatic heterocycles. The highest BCUT2D eigenvalue weighted by molar-refractivity contribution is 7.13. The number of carbonyl (C=O) groups is 1. The first-order valence-electron chi connectivity index (χ1n) is 6.96. The molecule has 0 unspecified atom stereocenters. The van der Waals surface area contributed by atoms with Crippen LogP contribution in [0.15, 0.2) is 22.6 Å². The van der Waals surface area contributed by atoms with Gasteiger partial charge in [0.2, 0.25) is 5.13 Å². The minimum absolute atomic E-state index is 0.0505. The zero-order valence-electron chi connectivity index (χ0n) is 13.0. The van der Waals surface area contributed by atoms with E-state index in [9.17, 15) is 13.6 Å². The Kier molecular flexibility index (Phi) is 6.19. The smallest absolute Gasteiger partial charge is 0.311 e. The number of carbonyl (C=O) groups excluding carboxylic acids is 1. The number of anilines is 1. The normalized spacial score (nSPS) is 10.8. The van der Waals surface area contributed by atoms with E-state index in [1.54, 1.807) is 12.3 Å². The van der Waals surface area contributed by atoms with Crippen molar-refractivity contribution in [1.29, 1.82) is 0 Å². The number of esters is 1. The monoisotopic (exact) mass is 355 g/mol. The lowest BCUT2D eigenvalue weighted by Gasteiger charge is -2.04. The Morgan fingerprint density at radius 1 is 1.46 bits per heavy atom. The molecule has 6 nitrogen and oxygen atoms in total. The second-order valence-corrected chi connectivity index (χ2v) is 5.33. The SMILES string of the molecule is CCOC(=O)Cc1csc(NN=Cc2c(F)ccc(OC)c2F)n1. The van der Waals surface area contributed by atoms with Crippen LogP contribution in [0.4, 0.5) is 13.9 Å². The van der Waals surface area contributed by atoms with Crippen molar-refractivity contribution in [3.8, 4) is 5.75 Å². The van der Waals surface area contributed by atoms with Crippen LogP contribution in [0.3, 0.4) is 0 Å². The molecule has 1 aromatic heterocycles. The van der Waals surface area contributed by atoms with E-state index in [0.717, 1.165) is 12.3 Å². The fraction of sp³-hybridized carbons (Fsp3) is 0.267. The predicted octanol–water partition coefficient (Wildman–Crippen LogP) is 2.98. The summed E-state index contributed by atoms with van der Waals surface area (Å²) in [6, 6.07) is 2.28. The second kappa shape index (κ2) is 8.34. The van der Waals surface area contributed by atoms with Gasteiger partial charge >= 0.3 is 5.97 Å². The highest BCUT2D eigenvalue weighted by Gasteiger charge is 2.12. The van der Waals surface area contributed by atoms with Crippen LogP contribution in [0.5, 0.6) is 5.75 Å². The van der Waals surface area contributed by atoms with Gasteiger partial charge in [-0.25, -0.2) is 13.8 Å². The minimum Gasteiger partial charge on any atom is -0.494 e. The summed E-state index contributed by atoms with van der Waals surface area (Å²) in [7, 11) is 1.29. The highest BCUT2D eigenvalue weighted by Crippen LogP contribution is 2.22. The number of thiazole rings is 1. The maximum atomic E-state index is 13.9. The summed E-state index contributed by atoms with van der Waals surface area (Å²) in [4.78, 5) is 15.5. The van der Waals surface area contributed by atoms with Gasteiger partial charge in [0.25, 0.3) is 0 Å². The Bertz CT molecular complexity index is 750. The molecule has 0 amide bonds. The standard InChI is InChI=1S/C15H15F2N3O3S/c1-3-23-13(21)6-9-8-24-15(19-9)20-18-7-10-11(16)4-5-12(22-2)14(10)17/h4-5,7-8H,3,6H2,1-2H3,(H,19,20). The van der Waals surface area contributed by atoms with Gasteiger partial charge in [-0.15, -0.1) is 11.3 Å². The molecule has 0 saturated heterocycles. The molecule has 0 atom stereocenters. The number of aromatic nitrogens is 1. The van der Waals surface area contributed by atoms with Gasteiger partial charge in [0, 0.05) is 5.38 Å². The van der Waals surface area contributed by atoms with E-state index in [4.69, 9.17) is 9.47 Å². The molecule has 0 aliphatic carbocycles. The molecule has 1 aromatic carbocycles. The first-order valence-corrected chi connectivity index (χ1v) is 7.84. The number of benzene rings is 1. The molecule has 0 bridgehead atoms. The molecular weight excluding hydrogens is 340 g/mol. The van der Waals surface area contributed by atoms with Gasteiger partial charge in [-0.1, -0.05) is 0 Å². The number of halogens is 2. The van der Waals surface area contributed by atoms with Crippen molar-refractivity contribution in [3.05, 3.63) is 40.4 Å². The van der Waals surface area contributed by atoms with Crippen molar-refractivity contribution < 1.29 is 23.0 Å². The zero-order chi connectivity index (χ0) is 17.5. The van der Waals surface area contributed by atoms with Gasteiger partial charge in [-0.05, 0) is 19.1 Å². The maximum Gasteiger partial charge on any atom is 0.311 e. The Morgan fingerprint density at radius 3 is 2.96 bits per heavy atom. The molecule has 0 saturated carbocycles. The molecule has 0 radical (unpaired) electrons. The third-order valence-corrected chi connectivity index (χ3v) is 3.64. The summed E-state index contributed by atoms with van der Waals surface area (Å²) in [5, 5.41) is 5.81. The molecule has 2 rings (SSSR count). The summed E-state index contributed by atoms with van der Waals surface area (Å²) < 4.78 is 37.2. The van der Waals surface area contributed by atoms with Crippen LogP contribution in [0.25, 0.3) is 0 Å². The second-order valence-electron chi connectivity index (χ2n) is 4.47. The van der Waals surface area contributed by atoms with Gasteiger partial charge in [-0.2, -0.15) is 5.10 Å². The highest BCUT2D eigenvalue weighted by atomic mass is 32.1. The molecule has 0 spiro atoms. The largest absolute Gasteiger partial charge is 0.494 e. The van der Waals surface area contributed by atoms with Crippen molar-refractivity contribution in [2.45, 2.75) is 13.3 Å². The van der Waals surface area contributed by atoms with E-state index >= 15 is 0 Å². The Hall–Kier alpha value is -2.55. The average molecular weight is 355 g/mol. The first-order chi connectivity index (χ1) is 11.5. The first kappa shape index (κ1) is 17.8. The van der Waals surface area contributed by atoms with Crippen LogP contribution in [0.2, 0.25) is 0 Å². The molecular formula is C15H15F2N3O3S. The number of rotatable bonds is 7. The third-order valence-electron chi connectivity index (χ3n) is 2.85. The van der Waals surface area contributed by atoms with Gasteiger partial charge in [0.05, 0.1) is 37.6 Å². The number of methoxy groups -OCH3 is 1. The summed E-state index contributed by atoms with van der Waals surface area (Å²) in [5.41, 5.74) is 2.76. The number of ether oxygens (including phenoxy) is 2. The van der Waals surface area contributed by atoms with Crippen LogP contribution >= 0.6 is 11.3 Å². The van der Waals surface area contributed by atoms with E-state index in [0.29, 0.717) is 17.4 Å². The molecule has 0 aliphatic rings. The van der Waals surface area contributed by atoms with Gasteiger partial charge in [0.1, 0.15) is 5.82 Å². The number of hydrogen-bond acceptors (Lipinski definition) is 7. The van der Waals surface area contributed by atoms with E-state index < -0.39 is 11.6 Å². The van der Waals surface area contributed by atoms with Gasteiger partial charge < -0.3 is 9.47 Å². The van der Waals surface area contributed by atoms with E-state index in [1.807, 2.05) is 0 Å². The Morgan fingerprint density at radius 2 is 2.25 bits per heavy atom. The average Bonchev–Trinajstić information content (AvgIpc) is 2.98. The number of hydrazone groups is 1. The van der Waals surface area contributed by atoms with Crippen molar-refractivity contribution in [2.75, 3.05) is 19.1 Å². The Labute approximate surface area is 141 Å². The van der Waals surface area contributed by atoms with Crippen molar-refractivity contribution in [2.24, 2.45) is 5.10 Å². The minimum atomic E-state index is -0.842. The molecule has 1 N–H and O–H groups in total. The van der Waals surface area contributed by atoms with Crippen LogP contribution in [-0.2, 0) is 16.0 Å². The van der Waals surface area contributed by atoms with Crippen LogP contribution < -0.4 is 10.2 Å². The maximum absolute atomic E-state index is 13.9. The van der Waals surface area contributed by atoms with E-state index in [2.05, 4.69) is 15.5 Å². The summed E-state index contributed by atoms with van der Waals surface area (Å²) in [5.74, 6) is -2.06. The summed E-state index contributed by atoms with van der Waals surface area (Å²) >= 11 is 1.20. The molecule has 128 valence electrons. The van der Waals surface area contributed by atoms with Gasteiger partial charge in [0.15, 0.2) is 11.6 Å². The van der Waals surface area contributed by atoms with E-state index in [1.165, 1.54) is 24.5 Å². The van der Waals surface area contributed by atoms with Crippen LogP contribution in [0, 0.1) is 11.6 Å². The predicted molar refractivity (Wildman–Crippen MR) is 86.6 cm³/mol. The fourth-order valence-electron chi connectivity index (χ4n) is 1.78. The number of nitrogens with one attached hydrogen (secondary N) is 1.